The maximum atomic E-state index is 12.8. The molecule has 112 valence electrons. The standard InChI is InChI=1S/C16H25FN2O/c1-2-18-13-14-7-9-19(10-8-14)11-12-20-16-5-3-15(17)4-6-16/h3-6,14,18H,2,7-13H2,1H3. The van der Waals surface area contributed by atoms with Gasteiger partial charge in [0, 0.05) is 6.54 Å². The van der Waals surface area contributed by atoms with Crippen LogP contribution in [0.4, 0.5) is 4.39 Å². The van der Waals surface area contributed by atoms with Crippen LogP contribution in [0.2, 0.25) is 0 Å². The summed E-state index contributed by atoms with van der Waals surface area (Å²) >= 11 is 0. The van der Waals surface area contributed by atoms with Gasteiger partial charge in [0.15, 0.2) is 0 Å². The summed E-state index contributed by atoms with van der Waals surface area (Å²) in [5.41, 5.74) is 0. The predicted octanol–water partition coefficient (Wildman–Crippen LogP) is 2.53. The van der Waals surface area contributed by atoms with Gasteiger partial charge >= 0.3 is 0 Å². The average Bonchev–Trinajstić information content (AvgIpc) is 2.48. The first-order valence-electron chi connectivity index (χ1n) is 7.59. The van der Waals surface area contributed by atoms with Gasteiger partial charge in [-0.05, 0) is 69.2 Å². The summed E-state index contributed by atoms with van der Waals surface area (Å²) in [5.74, 6) is 1.35. The molecule has 0 atom stereocenters. The zero-order valence-corrected chi connectivity index (χ0v) is 12.3. The Labute approximate surface area is 121 Å². The largest absolute Gasteiger partial charge is 0.492 e. The van der Waals surface area contributed by atoms with Gasteiger partial charge in [0.05, 0.1) is 0 Å². The van der Waals surface area contributed by atoms with Crippen LogP contribution in [0.3, 0.4) is 0 Å². The fourth-order valence-electron chi connectivity index (χ4n) is 2.59. The molecule has 0 saturated carbocycles. The SMILES string of the molecule is CCNCC1CCN(CCOc2ccc(F)cc2)CC1. The fourth-order valence-corrected chi connectivity index (χ4v) is 2.59. The van der Waals surface area contributed by atoms with Gasteiger partial charge in [0.1, 0.15) is 18.2 Å². The number of halogens is 1. The number of nitrogens with zero attached hydrogens (tertiary/aromatic N) is 1. The second-order valence-corrected chi connectivity index (χ2v) is 5.40. The molecule has 0 unspecified atom stereocenters. The molecule has 2 rings (SSSR count). The van der Waals surface area contributed by atoms with Crippen molar-refractivity contribution in [2.45, 2.75) is 19.8 Å². The normalized spacial score (nSPS) is 17.3. The van der Waals surface area contributed by atoms with Crippen molar-refractivity contribution in [3.05, 3.63) is 30.1 Å². The minimum absolute atomic E-state index is 0.222. The van der Waals surface area contributed by atoms with Crippen molar-refractivity contribution in [2.75, 3.05) is 39.3 Å². The lowest BCUT2D eigenvalue weighted by molar-refractivity contribution is 0.154. The van der Waals surface area contributed by atoms with Crippen molar-refractivity contribution >= 4 is 0 Å². The van der Waals surface area contributed by atoms with Crippen LogP contribution in [0, 0.1) is 11.7 Å². The quantitative estimate of drug-likeness (QED) is 0.830. The van der Waals surface area contributed by atoms with E-state index in [1.807, 2.05) is 0 Å². The minimum atomic E-state index is -0.222. The molecule has 1 N–H and O–H groups in total. The number of nitrogens with one attached hydrogen (secondary N) is 1. The summed E-state index contributed by atoms with van der Waals surface area (Å²) in [4.78, 5) is 2.45. The zero-order chi connectivity index (χ0) is 14.2. The molecule has 1 aromatic rings. The van der Waals surface area contributed by atoms with Crippen molar-refractivity contribution in [3.63, 3.8) is 0 Å². The third-order valence-electron chi connectivity index (χ3n) is 3.88. The molecule has 1 aliphatic rings. The topological polar surface area (TPSA) is 24.5 Å². The number of likely N-dealkylation sites (tertiary alicyclic amines) is 1. The summed E-state index contributed by atoms with van der Waals surface area (Å²) in [6, 6.07) is 6.22. The Morgan fingerprint density at radius 1 is 1.25 bits per heavy atom. The highest BCUT2D eigenvalue weighted by Gasteiger charge is 2.18. The van der Waals surface area contributed by atoms with E-state index in [1.54, 1.807) is 12.1 Å². The molecule has 4 heteroatoms. The van der Waals surface area contributed by atoms with Crippen molar-refractivity contribution in [1.82, 2.24) is 10.2 Å². The Morgan fingerprint density at radius 3 is 2.60 bits per heavy atom. The van der Waals surface area contributed by atoms with E-state index in [2.05, 4.69) is 17.1 Å². The number of benzene rings is 1. The first-order valence-corrected chi connectivity index (χ1v) is 7.59. The summed E-state index contributed by atoms with van der Waals surface area (Å²) in [7, 11) is 0. The average molecular weight is 280 g/mol. The number of piperidine rings is 1. The van der Waals surface area contributed by atoms with Crippen LogP contribution in [0.1, 0.15) is 19.8 Å². The zero-order valence-electron chi connectivity index (χ0n) is 12.3. The summed E-state index contributed by atoms with van der Waals surface area (Å²) in [5, 5.41) is 3.43. The Hall–Kier alpha value is -1.13. The molecule has 0 amide bonds. The predicted molar refractivity (Wildman–Crippen MR) is 79.6 cm³/mol. The van der Waals surface area contributed by atoms with Gasteiger partial charge in [-0.15, -0.1) is 0 Å². The van der Waals surface area contributed by atoms with E-state index in [9.17, 15) is 4.39 Å². The summed E-state index contributed by atoms with van der Waals surface area (Å²) < 4.78 is 18.4. The molecular formula is C16H25FN2O. The third kappa shape index (κ3) is 5.10. The van der Waals surface area contributed by atoms with E-state index in [4.69, 9.17) is 4.74 Å². The summed E-state index contributed by atoms with van der Waals surface area (Å²) in [6.45, 7) is 8.30. The molecule has 1 saturated heterocycles. The molecule has 0 aromatic heterocycles. The molecule has 1 heterocycles. The van der Waals surface area contributed by atoms with Crippen LogP contribution in [0.25, 0.3) is 0 Å². The van der Waals surface area contributed by atoms with E-state index in [0.29, 0.717) is 6.61 Å². The van der Waals surface area contributed by atoms with Crippen molar-refractivity contribution < 1.29 is 9.13 Å². The first-order chi connectivity index (χ1) is 9.78. The van der Waals surface area contributed by atoms with Gasteiger partial charge in [-0.25, -0.2) is 4.39 Å². The monoisotopic (exact) mass is 280 g/mol. The van der Waals surface area contributed by atoms with Crippen LogP contribution in [-0.4, -0.2) is 44.2 Å². The first kappa shape index (κ1) is 15.3. The van der Waals surface area contributed by atoms with E-state index in [1.165, 1.54) is 25.0 Å². The van der Waals surface area contributed by atoms with Crippen molar-refractivity contribution in [1.29, 1.82) is 0 Å². The number of rotatable bonds is 7. The van der Waals surface area contributed by atoms with Crippen LogP contribution < -0.4 is 10.1 Å². The lowest BCUT2D eigenvalue weighted by Crippen LogP contribution is -2.39. The van der Waals surface area contributed by atoms with Gasteiger partial charge in [-0.3, -0.25) is 4.90 Å². The molecule has 20 heavy (non-hydrogen) atoms. The second kappa shape index (κ2) is 8.22. The molecule has 0 spiro atoms. The van der Waals surface area contributed by atoms with Crippen LogP contribution in [0.5, 0.6) is 5.75 Å². The van der Waals surface area contributed by atoms with Gasteiger partial charge in [0.2, 0.25) is 0 Å². The maximum Gasteiger partial charge on any atom is 0.123 e. The van der Waals surface area contributed by atoms with Crippen LogP contribution in [0.15, 0.2) is 24.3 Å². The third-order valence-corrected chi connectivity index (χ3v) is 3.88. The van der Waals surface area contributed by atoms with Gasteiger partial charge in [-0.1, -0.05) is 6.92 Å². The van der Waals surface area contributed by atoms with Gasteiger partial charge in [0.25, 0.3) is 0 Å². The number of hydrogen-bond acceptors (Lipinski definition) is 3. The lowest BCUT2D eigenvalue weighted by Gasteiger charge is -2.31. The molecule has 0 radical (unpaired) electrons. The minimum Gasteiger partial charge on any atom is -0.492 e. The molecule has 0 bridgehead atoms. The number of ether oxygens (including phenoxy) is 1. The number of hydrogen-bond donors (Lipinski definition) is 1. The Balaban J connectivity index is 1.60. The Morgan fingerprint density at radius 2 is 1.95 bits per heavy atom. The Bertz CT molecular complexity index is 375. The van der Waals surface area contributed by atoms with E-state index in [0.717, 1.165) is 44.4 Å². The molecule has 1 fully saturated rings. The van der Waals surface area contributed by atoms with Crippen LogP contribution >= 0.6 is 0 Å². The molecule has 1 aromatic carbocycles. The highest BCUT2D eigenvalue weighted by atomic mass is 19.1. The summed E-state index contributed by atoms with van der Waals surface area (Å²) in [6.07, 6.45) is 2.53. The Kier molecular flexibility index (Phi) is 6.27. The van der Waals surface area contributed by atoms with Gasteiger partial charge in [-0.2, -0.15) is 0 Å². The fraction of sp³-hybridized carbons (Fsp3) is 0.625. The van der Waals surface area contributed by atoms with Gasteiger partial charge < -0.3 is 10.1 Å². The lowest BCUT2D eigenvalue weighted by atomic mass is 9.97. The van der Waals surface area contributed by atoms with E-state index >= 15 is 0 Å². The van der Waals surface area contributed by atoms with Crippen molar-refractivity contribution in [2.24, 2.45) is 5.92 Å². The maximum absolute atomic E-state index is 12.8. The molecular weight excluding hydrogens is 255 g/mol. The van der Waals surface area contributed by atoms with E-state index in [-0.39, 0.29) is 5.82 Å². The molecule has 0 aliphatic carbocycles. The van der Waals surface area contributed by atoms with Crippen LogP contribution in [-0.2, 0) is 0 Å². The van der Waals surface area contributed by atoms with Crippen molar-refractivity contribution in [3.8, 4) is 5.75 Å². The smallest absolute Gasteiger partial charge is 0.123 e. The molecule has 3 nitrogen and oxygen atoms in total. The highest BCUT2D eigenvalue weighted by Crippen LogP contribution is 2.16. The highest BCUT2D eigenvalue weighted by molar-refractivity contribution is 5.21. The second-order valence-electron chi connectivity index (χ2n) is 5.40. The molecule has 1 aliphatic heterocycles. The van der Waals surface area contributed by atoms with E-state index < -0.39 is 0 Å².